The molecule has 0 saturated carbocycles. The molecule has 1 heterocycles. The molecule has 2 aromatic rings. The van der Waals surface area contributed by atoms with Crippen molar-refractivity contribution in [3.63, 3.8) is 0 Å². The highest BCUT2D eigenvalue weighted by Gasteiger charge is 2.16. The molecule has 0 aliphatic carbocycles. The molecule has 1 aromatic heterocycles. The molecule has 1 aromatic carbocycles. The van der Waals surface area contributed by atoms with Gasteiger partial charge in [0.1, 0.15) is 5.75 Å². The number of aryl methyl sites for hydroxylation is 1. The smallest absolute Gasteiger partial charge is 0.184 e. The summed E-state index contributed by atoms with van der Waals surface area (Å²) in [6.07, 6.45) is 0. The average molecular weight is 292 g/mol. The van der Waals surface area contributed by atoms with E-state index in [9.17, 15) is 8.42 Å². The van der Waals surface area contributed by atoms with E-state index >= 15 is 0 Å². The van der Waals surface area contributed by atoms with Crippen molar-refractivity contribution < 1.29 is 13.2 Å². The highest BCUT2D eigenvalue weighted by molar-refractivity contribution is 7.90. The minimum atomic E-state index is -3.45. The molecule has 0 unspecified atom stereocenters. The van der Waals surface area contributed by atoms with Crippen molar-refractivity contribution >= 4 is 15.5 Å². The highest BCUT2D eigenvalue weighted by atomic mass is 32.2. The molecule has 106 valence electrons. The first-order valence-corrected chi connectivity index (χ1v) is 7.66. The van der Waals surface area contributed by atoms with Gasteiger partial charge in [0.05, 0.1) is 23.5 Å². The molecule has 0 atom stereocenters. The summed E-state index contributed by atoms with van der Waals surface area (Å²) in [4.78, 5) is 4.46. The molecule has 2 rings (SSSR count). The van der Waals surface area contributed by atoms with Gasteiger partial charge in [-0.1, -0.05) is 0 Å². The number of sulfone groups is 1. The van der Waals surface area contributed by atoms with Crippen LogP contribution in [-0.2, 0) is 15.6 Å². The van der Waals surface area contributed by atoms with Crippen LogP contribution in [0.2, 0.25) is 0 Å². The fourth-order valence-electron chi connectivity index (χ4n) is 1.85. The lowest BCUT2D eigenvalue weighted by Gasteiger charge is -2.07. The zero-order valence-electron chi connectivity index (χ0n) is 11.3. The van der Waals surface area contributed by atoms with E-state index < -0.39 is 9.84 Å². The van der Waals surface area contributed by atoms with Crippen LogP contribution in [0.25, 0.3) is 0 Å². The summed E-state index contributed by atoms with van der Waals surface area (Å²) >= 11 is 0. The minimum Gasteiger partial charge on any atom is -0.497 e. The zero-order valence-corrected chi connectivity index (χ0v) is 12.1. The molecule has 5 nitrogen and oxygen atoms in total. The Balaban J connectivity index is 2.33. The zero-order chi connectivity index (χ0) is 14.8. The first-order chi connectivity index (χ1) is 9.40. The minimum absolute atomic E-state index is 0.172. The maximum absolute atomic E-state index is 12.3. The Kier molecular flexibility index (Phi) is 3.94. The van der Waals surface area contributed by atoms with Gasteiger partial charge in [-0.2, -0.15) is 0 Å². The predicted octanol–water partition coefficient (Wildman–Crippen LogP) is 1.95. The van der Waals surface area contributed by atoms with Crippen molar-refractivity contribution in [2.45, 2.75) is 17.6 Å². The van der Waals surface area contributed by atoms with Gasteiger partial charge in [-0.25, -0.2) is 8.42 Å². The molecule has 0 aliphatic heterocycles. The molecule has 6 heteroatoms. The lowest BCUT2D eigenvalue weighted by atomic mass is 10.3. The molecule has 2 N–H and O–H groups in total. The molecule has 0 amide bonds. The number of hydrogen-bond acceptors (Lipinski definition) is 5. The van der Waals surface area contributed by atoms with Crippen LogP contribution in [0, 0.1) is 6.92 Å². The first kappa shape index (κ1) is 14.3. The second-order valence-electron chi connectivity index (χ2n) is 4.47. The highest BCUT2D eigenvalue weighted by Crippen LogP contribution is 2.20. The van der Waals surface area contributed by atoms with Crippen LogP contribution in [0.4, 0.5) is 5.69 Å². The normalized spacial score (nSPS) is 11.3. The van der Waals surface area contributed by atoms with E-state index in [1.165, 1.54) is 19.2 Å². The van der Waals surface area contributed by atoms with Crippen molar-refractivity contribution in [2.24, 2.45) is 0 Å². The fraction of sp³-hybridized carbons (Fsp3) is 0.214. The van der Waals surface area contributed by atoms with Gasteiger partial charge in [0, 0.05) is 23.5 Å². The number of rotatable bonds is 4. The van der Waals surface area contributed by atoms with Crippen molar-refractivity contribution in [1.29, 1.82) is 0 Å². The molecule has 0 bridgehead atoms. The van der Waals surface area contributed by atoms with Gasteiger partial charge >= 0.3 is 0 Å². The fourth-order valence-corrected chi connectivity index (χ4v) is 3.10. The summed E-state index contributed by atoms with van der Waals surface area (Å²) in [6, 6.07) is 9.50. The standard InChI is InChI=1S/C14H16N2O3S/c1-10-7-13(19-2)8-12(16-10)9-20(17,18)14-5-3-11(15)4-6-14/h3-8H,9,15H2,1-2H3. The van der Waals surface area contributed by atoms with E-state index in [4.69, 9.17) is 10.5 Å². The molecule has 0 aliphatic rings. The Morgan fingerprint density at radius 3 is 2.45 bits per heavy atom. The van der Waals surface area contributed by atoms with Gasteiger partial charge in [-0.15, -0.1) is 0 Å². The van der Waals surface area contributed by atoms with Crippen molar-refractivity contribution in [1.82, 2.24) is 4.98 Å². The Bertz CT molecular complexity index is 710. The van der Waals surface area contributed by atoms with Crippen LogP contribution in [-0.4, -0.2) is 20.5 Å². The number of nitrogens with zero attached hydrogens (tertiary/aromatic N) is 1. The summed E-state index contributed by atoms with van der Waals surface area (Å²) in [7, 11) is -1.91. The van der Waals surface area contributed by atoms with Gasteiger partial charge in [-0.05, 0) is 31.2 Å². The Labute approximate surface area is 118 Å². The maximum Gasteiger partial charge on any atom is 0.184 e. The van der Waals surface area contributed by atoms with Gasteiger partial charge < -0.3 is 10.5 Å². The number of ether oxygens (including phenoxy) is 1. The summed E-state index contributed by atoms with van der Waals surface area (Å²) < 4.78 is 29.7. The van der Waals surface area contributed by atoms with Crippen LogP contribution < -0.4 is 10.5 Å². The van der Waals surface area contributed by atoms with E-state index in [0.29, 0.717) is 22.8 Å². The molecule has 0 saturated heterocycles. The third kappa shape index (κ3) is 3.27. The number of benzene rings is 1. The largest absolute Gasteiger partial charge is 0.497 e. The number of methoxy groups -OCH3 is 1. The summed E-state index contributed by atoms with van der Waals surface area (Å²) in [5.41, 5.74) is 7.26. The Morgan fingerprint density at radius 2 is 1.85 bits per heavy atom. The lowest BCUT2D eigenvalue weighted by Crippen LogP contribution is -2.07. The number of pyridine rings is 1. The van der Waals surface area contributed by atoms with Crippen molar-refractivity contribution in [3.05, 3.63) is 47.8 Å². The van der Waals surface area contributed by atoms with E-state index in [1.807, 2.05) is 0 Å². The van der Waals surface area contributed by atoms with Gasteiger partial charge in [0.25, 0.3) is 0 Å². The van der Waals surface area contributed by atoms with Crippen LogP contribution >= 0.6 is 0 Å². The average Bonchev–Trinajstić information content (AvgIpc) is 2.37. The number of hydrogen-bond donors (Lipinski definition) is 1. The van der Waals surface area contributed by atoms with Crippen LogP contribution in [0.3, 0.4) is 0 Å². The third-order valence-electron chi connectivity index (χ3n) is 2.79. The number of aromatic nitrogens is 1. The SMILES string of the molecule is COc1cc(C)nc(CS(=O)(=O)c2ccc(N)cc2)c1. The summed E-state index contributed by atoms with van der Waals surface area (Å²) in [6.45, 7) is 1.79. The van der Waals surface area contributed by atoms with Gasteiger partial charge in [0.15, 0.2) is 9.84 Å². The lowest BCUT2D eigenvalue weighted by molar-refractivity contribution is 0.413. The Hall–Kier alpha value is -2.08. The van der Waals surface area contributed by atoms with Crippen LogP contribution in [0.5, 0.6) is 5.75 Å². The second kappa shape index (κ2) is 5.50. The summed E-state index contributed by atoms with van der Waals surface area (Å²) in [5.74, 6) is 0.426. The number of nitrogen functional groups attached to an aromatic ring is 1. The van der Waals surface area contributed by atoms with E-state index in [1.54, 1.807) is 31.2 Å². The maximum atomic E-state index is 12.3. The molecule has 0 spiro atoms. The second-order valence-corrected chi connectivity index (χ2v) is 6.46. The van der Waals surface area contributed by atoms with Crippen LogP contribution in [0.1, 0.15) is 11.4 Å². The first-order valence-electron chi connectivity index (χ1n) is 6.00. The summed E-state index contributed by atoms with van der Waals surface area (Å²) in [5, 5.41) is 0. The van der Waals surface area contributed by atoms with Crippen molar-refractivity contribution in [2.75, 3.05) is 12.8 Å². The van der Waals surface area contributed by atoms with E-state index in [2.05, 4.69) is 4.98 Å². The molecule has 0 radical (unpaired) electrons. The Morgan fingerprint density at radius 1 is 1.20 bits per heavy atom. The van der Waals surface area contributed by atoms with Gasteiger partial charge in [-0.3, -0.25) is 4.98 Å². The molecule has 20 heavy (non-hydrogen) atoms. The van der Waals surface area contributed by atoms with E-state index in [-0.39, 0.29) is 10.6 Å². The molecule has 0 fully saturated rings. The topological polar surface area (TPSA) is 82.3 Å². The monoisotopic (exact) mass is 292 g/mol. The number of anilines is 1. The van der Waals surface area contributed by atoms with Crippen molar-refractivity contribution in [3.8, 4) is 5.75 Å². The predicted molar refractivity (Wildman–Crippen MR) is 77.3 cm³/mol. The number of nitrogens with two attached hydrogens (primary N) is 1. The van der Waals surface area contributed by atoms with Crippen LogP contribution in [0.15, 0.2) is 41.3 Å². The molecular formula is C14H16N2O3S. The van der Waals surface area contributed by atoms with E-state index in [0.717, 1.165) is 0 Å². The van der Waals surface area contributed by atoms with Gasteiger partial charge in [0.2, 0.25) is 0 Å². The third-order valence-corrected chi connectivity index (χ3v) is 4.46. The quantitative estimate of drug-likeness (QED) is 0.871. The molecular weight excluding hydrogens is 276 g/mol.